The molecule has 4 aromatic rings. The Morgan fingerprint density at radius 2 is 1.78 bits per heavy atom. The van der Waals surface area contributed by atoms with Crippen molar-refractivity contribution in [3.63, 3.8) is 0 Å². The predicted molar refractivity (Wildman–Crippen MR) is 146 cm³/mol. The molecule has 7 nitrogen and oxygen atoms in total. The zero-order valence-corrected chi connectivity index (χ0v) is 22.5. The minimum absolute atomic E-state index is 0.112. The summed E-state index contributed by atoms with van der Waals surface area (Å²) in [6.45, 7) is 10.0. The van der Waals surface area contributed by atoms with Crippen LogP contribution in [-0.2, 0) is 11.5 Å². The number of ether oxygens (including phenoxy) is 1. The summed E-state index contributed by atoms with van der Waals surface area (Å²) in [5, 5.41) is 4.46. The maximum Gasteiger partial charge on any atom is 0.253 e. The number of hydrogen-bond acceptors (Lipinski definition) is 4. The number of carbonyl (C=O) groups excluding carboxylic acids is 1. The largest absolute Gasteiger partial charge is 0.360 e. The summed E-state index contributed by atoms with van der Waals surface area (Å²) in [4.78, 5) is 19.6. The molecule has 2 aromatic heterocycles. The van der Waals surface area contributed by atoms with Crippen molar-refractivity contribution >= 4 is 25.0 Å². The molecule has 1 aliphatic heterocycles. The maximum atomic E-state index is 13.0. The van der Waals surface area contributed by atoms with Gasteiger partial charge in [0.25, 0.3) is 5.91 Å². The Kier molecular flexibility index (Phi) is 7.07. The quantitative estimate of drug-likeness (QED) is 0.225. The summed E-state index contributed by atoms with van der Waals surface area (Å²) in [5.41, 5.74) is 5.70. The van der Waals surface area contributed by atoms with E-state index in [2.05, 4.69) is 54.0 Å². The molecular formula is C28H35N5O2Si. The Morgan fingerprint density at radius 3 is 2.53 bits per heavy atom. The van der Waals surface area contributed by atoms with E-state index in [0.29, 0.717) is 6.73 Å². The third-order valence-electron chi connectivity index (χ3n) is 6.77. The molecule has 8 heteroatoms. The molecule has 188 valence electrons. The molecule has 0 atom stereocenters. The molecule has 1 saturated heterocycles. The molecule has 1 fully saturated rings. The first-order valence-corrected chi connectivity index (χ1v) is 16.6. The smallest absolute Gasteiger partial charge is 0.253 e. The van der Waals surface area contributed by atoms with E-state index < -0.39 is 8.07 Å². The van der Waals surface area contributed by atoms with Crippen molar-refractivity contribution in [2.75, 3.05) is 19.7 Å². The summed E-state index contributed by atoms with van der Waals surface area (Å²) >= 11 is 0. The van der Waals surface area contributed by atoms with Gasteiger partial charge in [0.15, 0.2) is 0 Å². The highest BCUT2D eigenvalue weighted by Crippen LogP contribution is 2.25. The van der Waals surface area contributed by atoms with Crippen molar-refractivity contribution in [2.24, 2.45) is 0 Å². The van der Waals surface area contributed by atoms with Crippen LogP contribution in [0.25, 0.3) is 27.8 Å². The number of likely N-dealkylation sites (tertiary alicyclic amines) is 1. The van der Waals surface area contributed by atoms with Crippen LogP contribution >= 0.6 is 0 Å². The second-order valence-corrected chi connectivity index (χ2v) is 16.5. The molecule has 0 aliphatic carbocycles. The molecule has 0 saturated carbocycles. The van der Waals surface area contributed by atoms with Gasteiger partial charge in [0, 0.05) is 50.8 Å². The second-order valence-electron chi connectivity index (χ2n) is 10.8. The van der Waals surface area contributed by atoms with E-state index in [0.717, 1.165) is 72.0 Å². The molecule has 0 bridgehead atoms. The zero-order chi connectivity index (χ0) is 25.1. The fourth-order valence-electron chi connectivity index (χ4n) is 4.56. The first kappa shape index (κ1) is 24.5. The predicted octanol–water partition coefficient (Wildman–Crippen LogP) is 5.83. The number of carbonyl (C=O) groups is 1. The number of rotatable bonds is 8. The SMILES string of the molecule is C[Si](C)(C)CCOCn1cc(-c2ccc(-n3cnc4ccc(C(=O)N5CCCCC5)cc43)cc2)cn1. The Hall–Kier alpha value is -3.23. The average Bonchev–Trinajstić information content (AvgIpc) is 3.53. The normalized spacial score (nSPS) is 14.5. The molecular weight excluding hydrogens is 466 g/mol. The van der Waals surface area contributed by atoms with E-state index >= 15 is 0 Å². The lowest BCUT2D eigenvalue weighted by Gasteiger charge is -2.26. The lowest BCUT2D eigenvalue weighted by atomic mass is 10.1. The molecule has 0 N–H and O–H groups in total. The molecule has 0 spiro atoms. The number of piperidine rings is 1. The van der Waals surface area contributed by atoms with Gasteiger partial charge in [-0.3, -0.25) is 9.36 Å². The van der Waals surface area contributed by atoms with Crippen molar-refractivity contribution in [1.29, 1.82) is 0 Å². The Bertz CT molecular complexity index is 1330. The number of amides is 1. The Balaban J connectivity index is 1.29. The topological polar surface area (TPSA) is 65.2 Å². The van der Waals surface area contributed by atoms with E-state index in [1.807, 2.05) is 51.1 Å². The van der Waals surface area contributed by atoms with Crippen LogP contribution in [-0.4, -0.2) is 57.9 Å². The first-order chi connectivity index (χ1) is 17.4. The van der Waals surface area contributed by atoms with Crippen molar-refractivity contribution in [2.45, 2.75) is 51.7 Å². The van der Waals surface area contributed by atoms with Crippen LogP contribution in [0.2, 0.25) is 25.7 Å². The van der Waals surface area contributed by atoms with E-state index in [9.17, 15) is 4.79 Å². The van der Waals surface area contributed by atoms with Gasteiger partial charge >= 0.3 is 0 Å². The minimum atomic E-state index is -1.09. The van der Waals surface area contributed by atoms with Crippen LogP contribution in [0, 0.1) is 0 Å². The van der Waals surface area contributed by atoms with Crippen molar-refractivity contribution in [3.05, 3.63) is 66.7 Å². The molecule has 0 unspecified atom stereocenters. The van der Waals surface area contributed by atoms with E-state index in [1.165, 1.54) is 6.42 Å². The molecule has 0 radical (unpaired) electrons. The van der Waals surface area contributed by atoms with Gasteiger partial charge in [-0.05, 0) is 61.2 Å². The third-order valence-corrected chi connectivity index (χ3v) is 8.47. The van der Waals surface area contributed by atoms with Gasteiger partial charge in [0.1, 0.15) is 13.1 Å². The summed E-state index contributed by atoms with van der Waals surface area (Å²) in [5.74, 6) is 0.112. The van der Waals surface area contributed by atoms with E-state index in [-0.39, 0.29) is 5.91 Å². The summed E-state index contributed by atoms with van der Waals surface area (Å²) in [7, 11) is -1.09. The van der Waals surface area contributed by atoms with Crippen LogP contribution in [0.4, 0.5) is 0 Å². The van der Waals surface area contributed by atoms with Crippen LogP contribution in [0.1, 0.15) is 29.6 Å². The van der Waals surface area contributed by atoms with Gasteiger partial charge in [-0.2, -0.15) is 5.10 Å². The van der Waals surface area contributed by atoms with Crippen LogP contribution < -0.4 is 0 Å². The molecule has 1 aliphatic rings. The number of aromatic nitrogens is 4. The lowest BCUT2D eigenvalue weighted by Crippen LogP contribution is -2.35. The second kappa shape index (κ2) is 10.4. The maximum absolute atomic E-state index is 13.0. The average molecular weight is 502 g/mol. The molecule has 2 aromatic carbocycles. The highest BCUT2D eigenvalue weighted by atomic mass is 28.3. The molecule has 5 rings (SSSR count). The lowest BCUT2D eigenvalue weighted by molar-refractivity contribution is 0.0724. The van der Waals surface area contributed by atoms with Gasteiger partial charge in [-0.15, -0.1) is 0 Å². The minimum Gasteiger partial charge on any atom is -0.360 e. The van der Waals surface area contributed by atoms with Crippen molar-refractivity contribution in [3.8, 4) is 16.8 Å². The van der Waals surface area contributed by atoms with E-state index in [1.54, 1.807) is 0 Å². The van der Waals surface area contributed by atoms with Gasteiger partial charge in [0.05, 0.1) is 17.2 Å². The molecule has 3 heterocycles. The van der Waals surface area contributed by atoms with E-state index in [4.69, 9.17) is 4.74 Å². The van der Waals surface area contributed by atoms with Gasteiger partial charge in [-0.25, -0.2) is 9.67 Å². The summed E-state index contributed by atoms with van der Waals surface area (Å²) < 4.78 is 9.71. The standard InChI is InChI=1S/C28H35N5O2Si/c1-36(2,3)16-15-35-21-32-19-24(18-30-32)22-7-10-25(11-8-22)33-20-29-26-12-9-23(17-27(26)33)28(34)31-13-5-4-6-14-31/h7-12,17-20H,4-6,13-16,21H2,1-3H3. The van der Waals surface area contributed by atoms with Gasteiger partial charge in [0.2, 0.25) is 0 Å². The van der Waals surface area contributed by atoms with Crippen LogP contribution in [0.15, 0.2) is 61.2 Å². The number of imidazole rings is 1. The highest BCUT2D eigenvalue weighted by molar-refractivity contribution is 6.76. The fourth-order valence-corrected chi connectivity index (χ4v) is 5.32. The number of benzene rings is 2. The highest BCUT2D eigenvalue weighted by Gasteiger charge is 2.19. The van der Waals surface area contributed by atoms with Gasteiger partial charge < -0.3 is 9.64 Å². The first-order valence-electron chi connectivity index (χ1n) is 12.8. The number of hydrogen-bond donors (Lipinski definition) is 0. The Morgan fingerprint density at radius 1 is 1.00 bits per heavy atom. The number of nitrogens with zero attached hydrogens (tertiary/aromatic N) is 5. The molecule has 36 heavy (non-hydrogen) atoms. The Labute approximate surface area is 213 Å². The third kappa shape index (κ3) is 5.60. The summed E-state index contributed by atoms with van der Waals surface area (Å²) in [6.07, 6.45) is 9.10. The van der Waals surface area contributed by atoms with Crippen molar-refractivity contribution < 1.29 is 9.53 Å². The van der Waals surface area contributed by atoms with Gasteiger partial charge in [-0.1, -0.05) is 31.8 Å². The van der Waals surface area contributed by atoms with Crippen molar-refractivity contribution in [1.82, 2.24) is 24.2 Å². The number of fused-ring (bicyclic) bond motifs is 1. The monoisotopic (exact) mass is 501 g/mol. The van der Waals surface area contributed by atoms with Crippen LogP contribution in [0.5, 0.6) is 0 Å². The fraction of sp³-hybridized carbons (Fsp3) is 0.393. The zero-order valence-electron chi connectivity index (χ0n) is 21.5. The molecule has 1 amide bonds. The van der Waals surface area contributed by atoms with Crippen LogP contribution in [0.3, 0.4) is 0 Å². The summed E-state index contributed by atoms with van der Waals surface area (Å²) in [6, 6.07) is 15.3.